The molecule has 0 spiro atoms. The normalized spacial score (nSPS) is 16.9. The van der Waals surface area contributed by atoms with Gasteiger partial charge in [0, 0.05) is 12.0 Å². The molecular weight excluding hydrogens is 306 g/mol. The highest BCUT2D eigenvalue weighted by atomic mass is 16.5. The van der Waals surface area contributed by atoms with Gasteiger partial charge in [0.2, 0.25) is 0 Å². The van der Waals surface area contributed by atoms with Gasteiger partial charge < -0.3 is 25.6 Å². The molecule has 6 heteroatoms. The smallest absolute Gasteiger partial charge is 0.189 e. The number of ether oxygens (including phenoxy) is 2. The molecule has 0 fully saturated rings. The summed E-state index contributed by atoms with van der Waals surface area (Å²) in [6, 6.07) is 13.2. The SMILES string of the molecule is COc1ccc(CN=C(N)NC2CCOc3ccccc32)cc1O. The summed E-state index contributed by atoms with van der Waals surface area (Å²) in [5.74, 6) is 1.78. The van der Waals surface area contributed by atoms with E-state index in [1.807, 2.05) is 30.3 Å². The van der Waals surface area contributed by atoms with Gasteiger partial charge in [0.25, 0.3) is 0 Å². The van der Waals surface area contributed by atoms with Gasteiger partial charge in [-0.15, -0.1) is 0 Å². The number of nitrogens with one attached hydrogen (secondary N) is 1. The fourth-order valence-corrected chi connectivity index (χ4v) is 2.73. The number of aliphatic imine (C=N–C) groups is 1. The second kappa shape index (κ2) is 7.12. The van der Waals surface area contributed by atoms with Crippen molar-refractivity contribution in [1.82, 2.24) is 5.32 Å². The number of nitrogens with two attached hydrogens (primary N) is 1. The lowest BCUT2D eigenvalue weighted by atomic mass is 10.0. The van der Waals surface area contributed by atoms with E-state index in [2.05, 4.69) is 10.3 Å². The van der Waals surface area contributed by atoms with Gasteiger partial charge in [-0.05, 0) is 23.8 Å². The van der Waals surface area contributed by atoms with Crippen LogP contribution in [-0.2, 0) is 6.54 Å². The Bertz CT molecular complexity index is 746. The van der Waals surface area contributed by atoms with Crippen LogP contribution in [0.4, 0.5) is 0 Å². The zero-order chi connectivity index (χ0) is 16.9. The molecule has 1 aliphatic heterocycles. The Labute approximate surface area is 140 Å². The molecule has 4 N–H and O–H groups in total. The van der Waals surface area contributed by atoms with Crippen molar-refractivity contribution in [3.05, 3.63) is 53.6 Å². The van der Waals surface area contributed by atoms with Crippen molar-refractivity contribution in [3.63, 3.8) is 0 Å². The number of phenolic OH excluding ortho intramolecular Hbond substituents is 1. The first-order valence-electron chi connectivity index (χ1n) is 7.81. The quantitative estimate of drug-likeness (QED) is 0.592. The number of para-hydroxylation sites is 1. The van der Waals surface area contributed by atoms with Crippen LogP contribution in [-0.4, -0.2) is 24.8 Å². The van der Waals surface area contributed by atoms with Crippen LogP contribution in [0.5, 0.6) is 17.2 Å². The second-order valence-corrected chi connectivity index (χ2v) is 5.58. The van der Waals surface area contributed by atoms with Crippen LogP contribution in [0.2, 0.25) is 0 Å². The molecule has 0 saturated carbocycles. The molecule has 2 aromatic carbocycles. The topological polar surface area (TPSA) is 89.1 Å². The van der Waals surface area contributed by atoms with Crippen molar-refractivity contribution >= 4 is 5.96 Å². The first-order valence-corrected chi connectivity index (χ1v) is 7.81. The minimum atomic E-state index is 0.0861. The van der Waals surface area contributed by atoms with Gasteiger partial charge in [-0.3, -0.25) is 0 Å². The van der Waals surface area contributed by atoms with Gasteiger partial charge >= 0.3 is 0 Å². The number of benzene rings is 2. The molecule has 0 aliphatic carbocycles. The minimum absolute atomic E-state index is 0.0861. The molecule has 1 atom stereocenters. The number of aromatic hydroxyl groups is 1. The van der Waals surface area contributed by atoms with Crippen LogP contribution in [0.3, 0.4) is 0 Å². The van der Waals surface area contributed by atoms with E-state index in [0.29, 0.717) is 24.9 Å². The largest absolute Gasteiger partial charge is 0.504 e. The van der Waals surface area contributed by atoms with Crippen LogP contribution >= 0.6 is 0 Å². The molecule has 3 rings (SSSR count). The van der Waals surface area contributed by atoms with Gasteiger partial charge in [-0.1, -0.05) is 24.3 Å². The molecule has 1 aliphatic rings. The third-order valence-corrected chi connectivity index (χ3v) is 3.96. The minimum Gasteiger partial charge on any atom is -0.504 e. The maximum absolute atomic E-state index is 9.79. The lowest BCUT2D eigenvalue weighted by molar-refractivity contribution is 0.262. The predicted molar refractivity (Wildman–Crippen MR) is 92.4 cm³/mol. The van der Waals surface area contributed by atoms with Crippen LogP contribution in [0.25, 0.3) is 0 Å². The Hall–Kier alpha value is -2.89. The van der Waals surface area contributed by atoms with E-state index >= 15 is 0 Å². The Morgan fingerprint density at radius 3 is 3.00 bits per heavy atom. The number of hydrogen-bond donors (Lipinski definition) is 3. The molecule has 0 radical (unpaired) electrons. The van der Waals surface area contributed by atoms with Gasteiger partial charge in [0.05, 0.1) is 26.3 Å². The molecule has 0 aromatic heterocycles. The molecule has 1 unspecified atom stereocenters. The summed E-state index contributed by atoms with van der Waals surface area (Å²) in [6.07, 6.45) is 0.830. The van der Waals surface area contributed by atoms with Crippen LogP contribution in [0, 0.1) is 0 Å². The molecule has 2 aromatic rings. The van der Waals surface area contributed by atoms with Crippen molar-refractivity contribution in [2.45, 2.75) is 19.0 Å². The van der Waals surface area contributed by atoms with E-state index in [1.165, 1.54) is 7.11 Å². The van der Waals surface area contributed by atoms with E-state index in [0.717, 1.165) is 23.3 Å². The van der Waals surface area contributed by atoms with E-state index in [1.54, 1.807) is 12.1 Å². The summed E-state index contributed by atoms with van der Waals surface area (Å²) in [5, 5.41) is 13.0. The molecule has 0 saturated heterocycles. The second-order valence-electron chi connectivity index (χ2n) is 5.58. The third kappa shape index (κ3) is 3.53. The third-order valence-electron chi connectivity index (χ3n) is 3.96. The van der Waals surface area contributed by atoms with E-state index in [-0.39, 0.29) is 11.8 Å². The van der Waals surface area contributed by atoms with Gasteiger partial charge in [0.1, 0.15) is 5.75 Å². The summed E-state index contributed by atoms with van der Waals surface area (Å²) in [4.78, 5) is 4.35. The van der Waals surface area contributed by atoms with Gasteiger partial charge in [-0.25, -0.2) is 4.99 Å². The predicted octanol–water partition coefficient (Wildman–Crippen LogP) is 2.33. The van der Waals surface area contributed by atoms with Crippen molar-refractivity contribution in [2.24, 2.45) is 10.7 Å². The Morgan fingerprint density at radius 1 is 1.38 bits per heavy atom. The van der Waals surface area contributed by atoms with E-state index in [9.17, 15) is 5.11 Å². The maximum atomic E-state index is 9.79. The number of fused-ring (bicyclic) bond motifs is 1. The number of nitrogens with zero attached hydrogens (tertiary/aromatic N) is 1. The first-order chi connectivity index (χ1) is 11.7. The molecule has 6 nitrogen and oxygen atoms in total. The average molecular weight is 327 g/mol. The number of rotatable bonds is 4. The van der Waals surface area contributed by atoms with Crippen LogP contribution < -0.4 is 20.5 Å². The van der Waals surface area contributed by atoms with Crippen LogP contribution in [0.1, 0.15) is 23.6 Å². The highest BCUT2D eigenvalue weighted by Crippen LogP contribution is 2.31. The lowest BCUT2D eigenvalue weighted by Gasteiger charge is -2.26. The number of guanidine groups is 1. The Balaban J connectivity index is 1.66. The summed E-state index contributed by atoms with van der Waals surface area (Å²) in [6.45, 7) is 1.02. The van der Waals surface area contributed by atoms with Crippen molar-refractivity contribution in [2.75, 3.05) is 13.7 Å². The maximum Gasteiger partial charge on any atom is 0.189 e. The zero-order valence-corrected chi connectivity index (χ0v) is 13.5. The molecule has 0 amide bonds. The van der Waals surface area contributed by atoms with Gasteiger partial charge in [0.15, 0.2) is 17.5 Å². The Kier molecular flexibility index (Phi) is 4.74. The molecule has 24 heavy (non-hydrogen) atoms. The fourth-order valence-electron chi connectivity index (χ4n) is 2.73. The summed E-state index contributed by atoms with van der Waals surface area (Å²) in [5.41, 5.74) is 7.95. The first kappa shape index (κ1) is 16.0. The van der Waals surface area contributed by atoms with Crippen molar-refractivity contribution in [1.29, 1.82) is 0 Å². The highest BCUT2D eigenvalue weighted by molar-refractivity contribution is 5.78. The molecular formula is C18H21N3O3. The Morgan fingerprint density at radius 2 is 2.21 bits per heavy atom. The van der Waals surface area contributed by atoms with Crippen molar-refractivity contribution < 1.29 is 14.6 Å². The summed E-state index contributed by atoms with van der Waals surface area (Å²) in [7, 11) is 1.51. The fraction of sp³-hybridized carbons (Fsp3) is 0.278. The number of methoxy groups -OCH3 is 1. The van der Waals surface area contributed by atoms with E-state index in [4.69, 9.17) is 15.2 Å². The standard InChI is InChI=1S/C18H21N3O3/c1-23-17-7-6-12(10-15(17)22)11-20-18(19)21-14-8-9-24-16-5-3-2-4-13(14)16/h2-7,10,14,22H,8-9,11H2,1H3,(H3,19,20,21). The summed E-state index contributed by atoms with van der Waals surface area (Å²) >= 11 is 0. The van der Waals surface area contributed by atoms with Gasteiger partial charge in [-0.2, -0.15) is 0 Å². The van der Waals surface area contributed by atoms with Crippen molar-refractivity contribution in [3.8, 4) is 17.2 Å². The molecule has 126 valence electrons. The van der Waals surface area contributed by atoms with E-state index < -0.39 is 0 Å². The summed E-state index contributed by atoms with van der Waals surface area (Å²) < 4.78 is 10.7. The number of hydrogen-bond acceptors (Lipinski definition) is 4. The lowest BCUT2D eigenvalue weighted by Crippen LogP contribution is -2.37. The average Bonchev–Trinajstić information content (AvgIpc) is 2.60. The number of phenols is 1. The van der Waals surface area contributed by atoms with Crippen LogP contribution in [0.15, 0.2) is 47.5 Å². The monoisotopic (exact) mass is 327 g/mol. The molecule has 0 bridgehead atoms. The highest BCUT2D eigenvalue weighted by Gasteiger charge is 2.21. The molecule has 1 heterocycles. The zero-order valence-electron chi connectivity index (χ0n) is 13.5.